The third-order valence-corrected chi connectivity index (χ3v) is 3.97. The summed E-state index contributed by atoms with van der Waals surface area (Å²) in [5.74, 6) is 0.946. The fourth-order valence-corrected chi connectivity index (χ4v) is 2.89. The first-order valence-electron chi connectivity index (χ1n) is 7.15. The van der Waals surface area contributed by atoms with E-state index in [4.69, 9.17) is 4.74 Å². The highest BCUT2D eigenvalue weighted by molar-refractivity contribution is 5.40. The van der Waals surface area contributed by atoms with Crippen molar-refractivity contribution in [2.24, 2.45) is 7.05 Å². The molecule has 1 heterocycles. The highest BCUT2D eigenvalue weighted by Gasteiger charge is 2.22. The Hall–Kier alpha value is -1.81. The maximum absolute atomic E-state index is 5.32. The maximum atomic E-state index is 5.32. The maximum Gasteiger partial charge on any atom is 0.119 e. The molecule has 1 N–H and O–H groups in total. The molecule has 1 aliphatic carbocycles. The molecule has 0 bridgehead atoms. The molecule has 0 spiro atoms. The predicted octanol–water partition coefficient (Wildman–Crippen LogP) is 2.25. The molecule has 1 aromatic carbocycles. The second kappa shape index (κ2) is 5.67. The molecule has 0 radical (unpaired) electrons. The Morgan fingerprint density at radius 2 is 2.30 bits per heavy atom. The average molecular weight is 271 g/mol. The summed E-state index contributed by atoms with van der Waals surface area (Å²) in [5.41, 5.74) is 3.98. The summed E-state index contributed by atoms with van der Waals surface area (Å²) in [5, 5.41) is 8.05. The number of nitrogens with one attached hydrogen (secondary N) is 1. The first-order valence-corrected chi connectivity index (χ1v) is 7.15. The summed E-state index contributed by atoms with van der Waals surface area (Å²) < 4.78 is 7.18. The third kappa shape index (κ3) is 2.70. The van der Waals surface area contributed by atoms with Gasteiger partial charge in [0.2, 0.25) is 0 Å². The van der Waals surface area contributed by atoms with Crippen molar-refractivity contribution in [3.63, 3.8) is 0 Å². The number of benzene rings is 1. The molecular formula is C16H21N3O. The molecule has 1 unspecified atom stereocenters. The molecule has 1 atom stereocenters. The lowest BCUT2D eigenvalue weighted by Crippen LogP contribution is -2.22. The van der Waals surface area contributed by atoms with E-state index in [1.165, 1.54) is 17.5 Å². The van der Waals surface area contributed by atoms with Crippen LogP contribution in [0.1, 0.15) is 29.3 Å². The zero-order valence-electron chi connectivity index (χ0n) is 12.1. The van der Waals surface area contributed by atoms with Gasteiger partial charge < -0.3 is 10.1 Å². The van der Waals surface area contributed by atoms with Crippen LogP contribution in [0.15, 0.2) is 30.5 Å². The van der Waals surface area contributed by atoms with E-state index in [1.54, 1.807) is 7.11 Å². The summed E-state index contributed by atoms with van der Waals surface area (Å²) in [7, 11) is 3.68. The number of hydrogen-bond donors (Lipinski definition) is 1. The molecule has 1 aromatic heterocycles. The molecule has 3 rings (SSSR count). The number of fused-ring (bicyclic) bond motifs is 1. The van der Waals surface area contributed by atoms with Crippen LogP contribution in [-0.2, 0) is 19.9 Å². The number of ether oxygens (including phenoxy) is 1. The van der Waals surface area contributed by atoms with Crippen molar-refractivity contribution >= 4 is 0 Å². The standard InChI is InChI=1S/C16H21N3O/c1-19-10-8-13(18-19)7-9-17-16-6-4-12-3-5-14(20-2)11-15(12)16/h3,5,8,10-11,16-17H,4,6-7,9H2,1-2H3. The Morgan fingerprint density at radius 3 is 3.05 bits per heavy atom. The normalized spacial score (nSPS) is 17.2. The Bertz CT molecular complexity index is 591. The molecule has 20 heavy (non-hydrogen) atoms. The van der Waals surface area contributed by atoms with E-state index in [2.05, 4.69) is 34.7 Å². The van der Waals surface area contributed by atoms with Gasteiger partial charge in [-0.05, 0) is 42.2 Å². The van der Waals surface area contributed by atoms with Gasteiger partial charge in [0.1, 0.15) is 5.75 Å². The molecule has 0 saturated heterocycles. The molecule has 0 fully saturated rings. The van der Waals surface area contributed by atoms with Gasteiger partial charge in [0, 0.05) is 32.3 Å². The number of rotatable bonds is 5. The Kier molecular flexibility index (Phi) is 3.74. The quantitative estimate of drug-likeness (QED) is 0.906. The molecule has 0 amide bonds. The minimum atomic E-state index is 0.448. The van der Waals surface area contributed by atoms with Gasteiger partial charge >= 0.3 is 0 Å². The van der Waals surface area contributed by atoms with Gasteiger partial charge in [0.25, 0.3) is 0 Å². The van der Waals surface area contributed by atoms with Crippen molar-refractivity contribution in [3.05, 3.63) is 47.3 Å². The van der Waals surface area contributed by atoms with E-state index in [0.717, 1.165) is 30.8 Å². The van der Waals surface area contributed by atoms with Crippen LogP contribution in [0, 0.1) is 0 Å². The van der Waals surface area contributed by atoms with E-state index in [0.29, 0.717) is 6.04 Å². The highest BCUT2D eigenvalue weighted by Crippen LogP contribution is 2.33. The molecule has 106 valence electrons. The second-order valence-corrected chi connectivity index (χ2v) is 5.34. The topological polar surface area (TPSA) is 39.1 Å². The number of nitrogens with zero attached hydrogens (tertiary/aromatic N) is 2. The fourth-order valence-electron chi connectivity index (χ4n) is 2.89. The summed E-state index contributed by atoms with van der Waals surface area (Å²) in [6.45, 7) is 0.957. The average Bonchev–Trinajstić information content (AvgIpc) is 3.05. The number of aromatic nitrogens is 2. The van der Waals surface area contributed by atoms with E-state index in [1.807, 2.05) is 17.9 Å². The van der Waals surface area contributed by atoms with Crippen LogP contribution in [0.5, 0.6) is 5.75 Å². The van der Waals surface area contributed by atoms with E-state index in [-0.39, 0.29) is 0 Å². The second-order valence-electron chi connectivity index (χ2n) is 5.34. The predicted molar refractivity (Wildman–Crippen MR) is 79.0 cm³/mol. The van der Waals surface area contributed by atoms with E-state index >= 15 is 0 Å². The number of aryl methyl sites for hydroxylation is 2. The smallest absolute Gasteiger partial charge is 0.119 e. The van der Waals surface area contributed by atoms with Gasteiger partial charge in [0.05, 0.1) is 12.8 Å². The van der Waals surface area contributed by atoms with Gasteiger partial charge in [-0.1, -0.05) is 6.07 Å². The first-order chi connectivity index (χ1) is 9.76. The Morgan fingerprint density at radius 1 is 1.40 bits per heavy atom. The Labute approximate surface area is 119 Å². The SMILES string of the molecule is COc1ccc2c(c1)C(NCCc1ccn(C)n1)CC2. The van der Waals surface area contributed by atoms with Crippen molar-refractivity contribution < 1.29 is 4.74 Å². The third-order valence-electron chi connectivity index (χ3n) is 3.97. The lowest BCUT2D eigenvalue weighted by atomic mass is 10.1. The lowest BCUT2D eigenvalue weighted by molar-refractivity contribution is 0.413. The summed E-state index contributed by atoms with van der Waals surface area (Å²) >= 11 is 0. The minimum Gasteiger partial charge on any atom is -0.497 e. The fraction of sp³-hybridized carbons (Fsp3) is 0.438. The minimum absolute atomic E-state index is 0.448. The zero-order chi connectivity index (χ0) is 13.9. The van der Waals surface area contributed by atoms with Crippen LogP contribution in [0.4, 0.5) is 0 Å². The first kappa shape index (κ1) is 13.2. The van der Waals surface area contributed by atoms with E-state index in [9.17, 15) is 0 Å². The molecule has 0 saturated carbocycles. The number of hydrogen-bond acceptors (Lipinski definition) is 3. The largest absolute Gasteiger partial charge is 0.497 e. The molecular weight excluding hydrogens is 250 g/mol. The van der Waals surface area contributed by atoms with Gasteiger partial charge in [-0.15, -0.1) is 0 Å². The highest BCUT2D eigenvalue weighted by atomic mass is 16.5. The van der Waals surface area contributed by atoms with Crippen LogP contribution in [-0.4, -0.2) is 23.4 Å². The zero-order valence-corrected chi connectivity index (χ0v) is 12.1. The summed E-state index contributed by atoms with van der Waals surface area (Å²) in [6, 6.07) is 8.93. The van der Waals surface area contributed by atoms with Crippen LogP contribution in [0.25, 0.3) is 0 Å². The van der Waals surface area contributed by atoms with Crippen molar-refractivity contribution in [3.8, 4) is 5.75 Å². The molecule has 0 aliphatic heterocycles. The van der Waals surface area contributed by atoms with Crippen molar-refractivity contribution in [2.75, 3.05) is 13.7 Å². The van der Waals surface area contributed by atoms with Gasteiger partial charge in [-0.25, -0.2) is 0 Å². The molecule has 4 heteroatoms. The number of methoxy groups -OCH3 is 1. The van der Waals surface area contributed by atoms with Crippen LogP contribution in [0.3, 0.4) is 0 Å². The van der Waals surface area contributed by atoms with Gasteiger partial charge in [0.15, 0.2) is 0 Å². The van der Waals surface area contributed by atoms with E-state index < -0.39 is 0 Å². The van der Waals surface area contributed by atoms with Crippen LogP contribution < -0.4 is 10.1 Å². The van der Waals surface area contributed by atoms with Crippen molar-refractivity contribution in [2.45, 2.75) is 25.3 Å². The van der Waals surface area contributed by atoms with Crippen molar-refractivity contribution in [1.29, 1.82) is 0 Å². The van der Waals surface area contributed by atoms with Gasteiger partial charge in [-0.2, -0.15) is 5.10 Å². The Balaban J connectivity index is 1.60. The van der Waals surface area contributed by atoms with Crippen LogP contribution >= 0.6 is 0 Å². The molecule has 2 aromatic rings. The van der Waals surface area contributed by atoms with Crippen LogP contribution in [0.2, 0.25) is 0 Å². The monoisotopic (exact) mass is 271 g/mol. The molecule has 4 nitrogen and oxygen atoms in total. The summed E-state index contributed by atoms with van der Waals surface area (Å²) in [6.07, 6.45) is 5.28. The lowest BCUT2D eigenvalue weighted by Gasteiger charge is -2.14. The summed E-state index contributed by atoms with van der Waals surface area (Å²) in [4.78, 5) is 0. The molecule has 1 aliphatic rings. The van der Waals surface area contributed by atoms with Gasteiger partial charge in [-0.3, -0.25) is 4.68 Å². The van der Waals surface area contributed by atoms with Crippen molar-refractivity contribution in [1.82, 2.24) is 15.1 Å².